The quantitative estimate of drug-likeness (QED) is 0.480. The highest BCUT2D eigenvalue weighted by molar-refractivity contribution is 6.30. The van der Waals surface area contributed by atoms with Crippen LogP contribution in [0.5, 0.6) is 0 Å². The maximum atomic E-state index is 11.1. The van der Waals surface area contributed by atoms with Crippen molar-refractivity contribution in [3.63, 3.8) is 0 Å². The average molecular weight is 312 g/mol. The van der Waals surface area contributed by atoms with Crippen LogP contribution in [0.25, 0.3) is 11.3 Å². The van der Waals surface area contributed by atoms with Gasteiger partial charge >= 0.3 is 0 Å². The summed E-state index contributed by atoms with van der Waals surface area (Å²) in [5, 5.41) is 14.4. The molecule has 7 nitrogen and oxygen atoms in total. The Morgan fingerprint density at radius 1 is 1.52 bits per heavy atom. The second kappa shape index (κ2) is 7.16. The molecule has 0 unspecified atom stereocenters. The average Bonchev–Trinajstić information content (AvgIpc) is 2.92. The van der Waals surface area contributed by atoms with E-state index in [2.05, 4.69) is 10.3 Å². The van der Waals surface area contributed by atoms with Crippen LogP contribution in [0.3, 0.4) is 0 Å². The summed E-state index contributed by atoms with van der Waals surface area (Å²) in [6.45, 7) is 1.66. The standard InChI is InChI=1S/C13H14ClN3O4/c1-20-5-4-15-8-13-16-7-12(21-13)10-3-2-9(14)6-11(10)17(18)19/h2-3,6-7,15H,4-5,8H2,1H3. The maximum absolute atomic E-state index is 11.1. The number of hydrogen-bond donors (Lipinski definition) is 1. The third-order valence-corrected chi connectivity index (χ3v) is 2.97. The highest BCUT2D eigenvalue weighted by atomic mass is 35.5. The largest absolute Gasteiger partial charge is 0.439 e. The van der Waals surface area contributed by atoms with Crippen LogP contribution >= 0.6 is 11.6 Å². The Kier molecular flexibility index (Phi) is 5.26. The monoisotopic (exact) mass is 311 g/mol. The lowest BCUT2D eigenvalue weighted by Gasteiger charge is -2.01. The number of nitro benzene ring substituents is 1. The summed E-state index contributed by atoms with van der Waals surface area (Å²) in [6.07, 6.45) is 1.46. The molecule has 1 aromatic carbocycles. The van der Waals surface area contributed by atoms with Gasteiger partial charge in [0.15, 0.2) is 5.76 Å². The number of nitrogens with zero attached hydrogens (tertiary/aromatic N) is 2. The van der Waals surface area contributed by atoms with Gasteiger partial charge in [-0.3, -0.25) is 10.1 Å². The molecule has 0 aliphatic heterocycles. The van der Waals surface area contributed by atoms with Crippen LogP contribution in [-0.4, -0.2) is 30.2 Å². The summed E-state index contributed by atoms with van der Waals surface area (Å²) in [5.41, 5.74) is 0.234. The van der Waals surface area contributed by atoms with Crippen molar-refractivity contribution in [2.45, 2.75) is 6.54 Å². The van der Waals surface area contributed by atoms with Crippen LogP contribution in [-0.2, 0) is 11.3 Å². The molecule has 0 aliphatic rings. The highest BCUT2D eigenvalue weighted by Crippen LogP contribution is 2.32. The lowest BCUT2D eigenvalue weighted by Crippen LogP contribution is -2.18. The molecular formula is C13H14ClN3O4. The molecule has 0 spiro atoms. The van der Waals surface area contributed by atoms with Crippen molar-refractivity contribution in [1.29, 1.82) is 0 Å². The summed E-state index contributed by atoms with van der Waals surface area (Å²) in [4.78, 5) is 14.6. The molecule has 1 N–H and O–H groups in total. The van der Waals surface area contributed by atoms with E-state index in [9.17, 15) is 10.1 Å². The van der Waals surface area contributed by atoms with Gasteiger partial charge < -0.3 is 14.5 Å². The molecule has 0 amide bonds. The Labute approximate surface area is 126 Å². The lowest BCUT2D eigenvalue weighted by molar-refractivity contribution is -0.384. The zero-order valence-electron chi connectivity index (χ0n) is 11.3. The fourth-order valence-corrected chi connectivity index (χ4v) is 1.92. The van der Waals surface area contributed by atoms with Crippen LogP contribution in [0.2, 0.25) is 5.02 Å². The van der Waals surface area contributed by atoms with Gasteiger partial charge in [0, 0.05) is 24.7 Å². The van der Waals surface area contributed by atoms with Crippen LogP contribution < -0.4 is 5.32 Å². The van der Waals surface area contributed by atoms with E-state index in [0.717, 1.165) is 0 Å². The normalized spacial score (nSPS) is 10.8. The molecule has 0 radical (unpaired) electrons. The smallest absolute Gasteiger partial charge is 0.281 e. The zero-order valence-corrected chi connectivity index (χ0v) is 12.1. The number of rotatable bonds is 7. The molecule has 0 aliphatic carbocycles. The predicted molar refractivity (Wildman–Crippen MR) is 77.2 cm³/mol. The molecule has 8 heteroatoms. The summed E-state index contributed by atoms with van der Waals surface area (Å²) < 4.78 is 10.4. The Morgan fingerprint density at radius 3 is 3.05 bits per heavy atom. The minimum absolute atomic E-state index is 0.113. The van der Waals surface area contributed by atoms with E-state index in [0.29, 0.717) is 41.9 Å². The number of nitrogens with one attached hydrogen (secondary N) is 1. The second-order valence-electron chi connectivity index (χ2n) is 4.21. The first-order valence-corrected chi connectivity index (χ1v) is 6.58. The van der Waals surface area contributed by atoms with Crippen molar-refractivity contribution >= 4 is 17.3 Å². The Hall–Kier alpha value is -1.96. The Balaban J connectivity index is 2.16. The number of aromatic nitrogens is 1. The van der Waals surface area contributed by atoms with Gasteiger partial charge in [-0.1, -0.05) is 11.6 Å². The SMILES string of the molecule is COCCNCc1ncc(-c2ccc(Cl)cc2[N+](=O)[O-])o1. The number of methoxy groups -OCH3 is 1. The number of ether oxygens (including phenoxy) is 1. The summed E-state index contributed by atoms with van der Waals surface area (Å²) in [6, 6.07) is 4.40. The number of oxazole rings is 1. The maximum Gasteiger partial charge on any atom is 0.281 e. The topological polar surface area (TPSA) is 90.4 Å². The van der Waals surface area contributed by atoms with E-state index in [1.54, 1.807) is 19.2 Å². The van der Waals surface area contributed by atoms with Crippen molar-refractivity contribution in [2.75, 3.05) is 20.3 Å². The van der Waals surface area contributed by atoms with E-state index in [1.165, 1.54) is 12.3 Å². The van der Waals surface area contributed by atoms with E-state index in [1.807, 2.05) is 0 Å². The first-order chi connectivity index (χ1) is 10.1. The number of hydrogen-bond acceptors (Lipinski definition) is 6. The van der Waals surface area contributed by atoms with Crippen LogP contribution in [0.1, 0.15) is 5.89 Å². The van der Waals surface area contributed by atoms with Gasteiger partial charge in [-0.15, -0.1) is 0 Å². The van der Waals surface area contributed by atoms with Crippen molar-refractivity contribution in [3.8, 4) is 11.3 Å². The van der Waals surface area contributed by atoms with Gasteiger partial charge in [0.1, 0.15) is 0 Å². The van der Waals surface area contributed by atoms with E-state index in [4.69, 9.17) is 20.8 Å². The van der Waals surface area contributed by atoms with Crippen LogP contribution in [0.4, 0.5) is 5.69 Å². The lowest BCUT2D eigenvalue weighted by atomic mass is 10.1. The molecule has 0 atom stereocenters. The molecule has 21 heavy (non-hydrogen) atoms. The molecular weight excluding hydrogens is 298 g/mol. The molecule has 0 fully saturated rings. The van der Waals surface area contributed by atoms with E-state index >= 15 is 0 Å². The fraction of sp³-hybridized carbons (Fsp3) is 0.308. The van der Waals surface area contributed by atoms with Crippen molar-refractivity contribution in [2.24, 2.45) is 0 Å². The number of halogens is 1. The first kappa shape index (κ1) is 15.4. The van der Waals surface area contributed by atoms with Gasteiger partial charge in [-0.05, 0) is 12.1 Å². The Morgan fingerprint density at radius 2 is 2.33 bits per heavy atom. The number of benzene rings is 1. The van der Waals surface area contributed by atoms with Gasteiger partial charge in [0.25, 0.3) is 5.69 Å². The highest BCUT2D eigenvalue weighted by Gasteiger charge is 2.19. The van der Waals surface area contributed by atoms with Crippen molar-refractivity contribution in [1.82, 2.24) is 10.3 Å². The third kappa shape index (κ3) is 4.01. The van der Waals surface area contributed by atoms with Gasteiger partial charge in [0.05, 0.1) is 29.8 Å². The molecule has 0 saturated carbocycles. The van der Waals surface area contributed by atoms with Crippen LogP contribution in [0.15, 0.2) is 28.8 Å². The predicted octanol–water partition coefficient (Wildman–Crippen LogP) is 2.64. The van der Waals surface area contributed by atoms with Gasteiger partial charge in [0.2, 0.25) is 5.89 Å². The summed E-state index contributed by atoms with van der Waals surface area (Å²) >= 11 is 5.78. The van der Waals surface area contributed by atoms with E-state index in [-0.39, 0.29) is 5.69 Å². The first-order valence-electron chi connectivity index (χ1n) is 6.20. The zero-order chi connectivity index (χ0) is 15.2. The van der Waals surface area contributed by atoms with E-state index < -0.39 is 4.92 Å². The molecule has 1 aromatic heterocycles. The molecule has 0 saturated heterocycles. The summed E-state index contributed by atoms with van der Waals surface area (Å²) in [7, 11) is 1.62. The number of nitro groups is 1. The fourth-order valence-electron chi connectivity index (χ4n) is 1.75. The minimum atomic E-state index is -0.500. The minimum Gasteiger partial charge on any atom is -0.439 e. The third-order valence-electron chi connectivity index (χ3n) is 2.73. The van der Waals surface area contributed by atoms with Crippen molar-refractivity contribution in [3.05, 3.63) is 45.4 Å². The van der Waals surface area contributed by atoms with Crippen molar-refractivity contribution < 1.29 is 14.1 Å². The molecule has 1 heterocycles. The van der Waals surface area contributed by atoms with Gasteiger partial charge in [-0.2, -0.15) is 0 Å². The molecule has 112 valence electrons. The van der Waals surface area contributed by atoms with Crippen LogP contribution in [0, 0.1) is 10.1 Å². The second-order valence-corrected chi connectivity index (χ2v) is 4.64. The van der Waals surface area contributed by atoms with Gasteiger partial charge in [-0.25, -0.2) is 4.98 Å². The summed E-state index contributed by atoms with van der Waals surface area (Å²) in [5.74, 6) is 0.784. The molecule has 2 aromatic rings. The Bertz CT molecular complexity index is 630. The molecule has 2 rings (SSSR count). The molecule has 0 bridgehead atoms.